The molecule has 0 saturated heterocycles. The maximum absolute atomic E-state index is 11.9. The predicted molar refractivity (Wildman–Crippen MR) is 112 cm³/mol. The third-order valence-corrected chi connectivity index (χ3v) is 4.40. The number of carbonyl (C=O) groups excluding carboxylic acids is 1. The maximum atomic E-state index is 11.9. The fourth-order valence-corrected chi connectivity index (χ4v) is 3.26. The van der Waals surface area contributed by atoms with Gasteiger partial charge < -0.3 is 15.8 Å². The second-order valence-electron chi connectivity index (χ2n) is 8.19. The molecular weight excluding hydrogens is 338 g/mol. The van der Waals surface area contributed by atoms with E-state index in [1.165, 1.54) is 16.7 Å². The van der Waals surface area contributed by atoms with Crippen LogP contribution >= 0.6 is 0 Å². The van der Waals surface area contributed by atoms with Gasteiger partial charge in [0.1, 0.15) is 5.60 Å². The van der Waals surface area contributed by atoms with E-state index in [9.17, 15) is 4.79 Å². The lowest BCUT2D eigenvalue weighted by molar-refractivity contribution is 0.0502. The number of nitrogens with one attached hydrogen (secondary N) is 1. The van der Waals surface area contributed by atoms with Crippen LogP contribution in [0.2, 0.25) is 0 Å². The normalized spacial score (nSPS) is 18.0. The molecule has 3 N–H and O–H groups in total. The Kier molecular flexibility index (Phi) is 7.05. The Morgan fingerprint density at radius 1 is 1.37 bits per heavy atom. The van der Waals surface area contributed by atoms with Crippen LogP contribution in [0.1, 0.15) is 71.4 Å². The zero-order valence-electron chi connectivity index (χ0n) is 17.3. The molecule has 0 fully saturated rings. The first kappa shape index (κ1) is 21.0. The summed E-state index contributed by atoms with van der Waals surface area (Å²) in [6, 6.07) is 6.54. The number of allylic oxidation sites excluding steroid dienone is 1. The van der Waals surface area contributed by atoms with Crippen LogP contribution < -0.4 is 11.1 Å². The molecule has 1 aliphatic carbocycles. The highest BCUT2D eigenvalue weighted by molar-refractivity contribution is 5.81. The highest BCUT2D eigenvalue weighted by Crippen LogP contribution is 2.31. The number of benzene rings is 1. The molecule has 27 heavy (non-hydrogen) atoms. The lowest BCUT2D eigenvalue weighted by Crippen LogP contribution is -2.39. The smallest absolute Gasteiger partial charge is 0.407 e. The van der Waals surface area contributed by atoms with Gasteiger partial charge in [0, 0.05) is 6.04 Å². The zero-order chi connectivity index (χ0) is 20.0. The summed E-state index contributed by atoms with van der Waals surface area (Å²) in [7, 11) is 0. The number of hydrogen-bond acceptors (Lipinski definition) is 3. The fraction of sp³-hybridized carbons (Fsp3) is 0.545. The van der Waals surface area contributed by atoms with Crippen molar-refractivity contribution < 1.29 is 9.53 Å². The van der Waals surface area contributed by atoms with Gasteiger partial charge in [-0.1, -0.05) is 25.5 Å². The molecule has 1 aliphatic rings. The fourth-order valence-electron chi connectivity index (χ4n) is 3.26. The van der Waals surface area contributed by atoms with Crippen LogP contribution in [0.25, 0.3) is 5.57 Å². The number of amidine groups is 1. The molecule has 1 aromatic rings. The van der Waals surface area contributed by atoms with Gasteiger partial charge in [-0.15, -0.1) is 0 Å². The van der Waals surface area contributed by atoms with Gasteiger partial charge in [0.25, 0.3) is 0 Å². The molecule has 1 unspecified atom stereocenters. The molecule has 1 atom stereocenters. The molecular formula is C22H33N3O2. The van der Waals surface area contributed by atoms with E-state index in [2.05, 4.69) is 41.5 Å². The van der Waals surface area contributed by atoms with Gasteiger partial charge in [-0.3, -0.25) is 0 Å². The third-order valence-electron chi connectivity index (χ3n) is 4.40. The Hall–Kier alpha value is -2.30. The molecule has 0 aromatic heterocycles. The average Bonchev–Trinajstić information content (AvgIpc) is 2.55. The monoisotopic (exact) mass is 371 g/mol. The lowest BCUT2D eigenvalue weighted by atomic mass is 9.89. The van der Waals surface area contributed by atoms with E-state index in [0.717, 1.165) is 37.8 Å². The van der Waals surface area contributed by atoms with Crippen molar-refractivity contribution in [2.75, 3.05) is 0 Å². The number of amides is 1. The summed E-state index contributed by atoms with van der Waals surface area (Å²) < 4.78 is 5.35. The van der Waals surface area contributed by atoms with Gasteiger partial charge >= 0.3 is 6.09 Å². The number of carbonyl (C=O) groups is 1. The number of ether oxygens (including phenoxy) is 1. The van der Waals surface area contributed by atoms with Crippen LogP contribution in [0.3, 0.4) is 0 Å². The van der Waals surface area contributed by atoms with Crippen LogP contribution in [0, 0.1) is 0 Å². The van der Waals surface area contributed by atoms with Crippen molar-refractivity contribution in [1.82, 2.24) is 5.32 Å². The van der Waals surface area contributed by atoms with Crippen LogP contribution in [0.15, 0.2) is 29.3 Å². The summed E-state index contributed by atoms with van der Waals surface area (Å²) in [5, 5.41) is 2.97. The van der Waals surface area contributed by atoms with Crippen molar-refractivity contribution in [2.45, 2.75) is 78.4 Å². The second kappa shape index (κ2) is 9.07. The molecule has 2 rings (SSSR count). The molecule has 148 valence electrons. The SMILES string of the molecule is CCCc1cc(C2=CCC(NC(=O)OC(C)(C)C)CC2)ccc1N=C(C)N. The number of nitrogens with zero attached hydrogens (tertiary/aromatic N) is 1. The highest BCUT2D eigenvalue weighted by atomic mass is 16.6. The van der Waals surface area contributed by atoms with Crippen molar-refractivity contribution in [2.24, 2.45) is 10.7 Å². The second-order valence-corrected chi connectivity index (χ2v) is 8.19. The van der Waals surface area contributed by atoms with Crippen LogP contribution in [0.4, 0.5) is 10.5 Å². The largest absolute Gasteiger partial charge is 0.444 e. The Morgan fingerprint density at radius 3 is 2.67 bits per heavy atom. The van der Waals surface area contributed by atoms with E-state index >= 15 is 0 Å². The summed E-state index contributed by atoms with van der Waals surface area (Å²) in [5.41, 5.74) is 10.0. The lowest BCUT2D eigenvalue weighted by Gasteiger charge is -2.26. The van der Waals surface area contributed by atoms with Gasteiger partial charge in [0.15, 0.2) is 0 Å². The topological polar surface area (TPSA) is 76.7 Å². The number of aryl methyl sites for hydroxylation is 1. The van der Waals surface area contributed by atoms with Gasteiger partial charge in [-0.25, -0.2) is 9.79 Å². The standard InChI is InChI=1S/C22H33N3O2/c1-6-7-18-14-17(10-13-20(18)24-15(2)23)16-8-11-19(12-9-16)25-21(26)27-22(3,4)5/h8,10,13-14,19H,6-7,9,11-12H2,1-5H3,(H2,23,24)(H,25,26). The van der Waals surface area contributed by atoms with Crippen molar-refractivity contribution >= 4 is 23.2 Å². The quantitative estimate of drug-likeness (QED) is 0.558. The Balaban J connectivity index is 2.07. The van der Waals surface area contributed by atoms with Gasteiger partial charge in [-0.05, 0) is 82.2 Å². The van der Waals surface area contributed by atoms with Crippen LogP contribution in [-0.4, -0.2) is 23.6 Å². The number of nitrogens with two attached hydrogens (primary N) is 1. The minimum absolute atomic E-state index is 0.127. The van der Waals surface area contributed by atoms with Crippen molar-refractivity contribution in [1.29, 1.82) is 0 Å². The Bertz CT molecular complexity index is 726. The molecule has 0 spiro atoms. The van der Waals surface area contributed by atoms with Crippen molar-refractivity contribution in [3.8, 4) is 0 Å². The first-order valence-electron chi connectivity index (χ1n) is 9.80. The summed E-state index contributed by atoms with van der Waals surface area (Å²) >= 11 is 0. The van der Waals surface area contributed by atoms with Gasteiger partial charge in [0.2, 0.25) is 0 Å². The van der Waals surface area contributed by atoms with Crippen molar-refractivity contribution in [3.05, 3.63) is 35.4 Å². The molecule has 0 bridgehead atoms. The number of rotatable bonds is 5. The molecule has 5 nitrogen and oxygen atoms in total. The first-order chi connectivity index (χ1) is 12.7. The van der Waals surface area contributed by atoms with Gasteiger partial charge in [-0.2, -0.15) is 0 Å². The maximum Gasteiger partial charge on any atom is 0.407 e. The number of alkyl carbamates (subject to hydrolysis) is 1. The summed E-state index contributed by atoms with van der Waals surface area (Å²) in [6.45, 7) is 9.60. The van der Waals surface area contributed by atoms with Crippen LogP contribution in [0.5, 0.6) is 0 Å². The van der Waals surface area contributed by atoms with E-state index in [1.807, 2.05) is 27.7 Å². The molecule has 0 radical (unpaired) electrons. The minimum Gasteiger partial charge on any atom is -0.444 e. The average molecular weight is 372 g/mol. The number of aliphatic imine (C=N–C) groups is 1. The van der Waals surface area contributed by atoms with E-state index in [4.69, 9.17) is 10.5 Å². The minimum atomic E-state index is -0.471. The van der Waals surface area contributed by atoms with Crippen molar-refractivity contribution in [3.63, 3.8) is 0 Å². The molecule has 5 heteroatoms. The van der Waals surface area contributed by atoms with E-state index in [1.54, 1.807) is 0 Å². The first-order valence-corrected chi connectivity index (χ1v) is 9.80. The Labute approximate surface area is 163 Å². The zero-order valence-corrected chi connectivity index (χ0v) is 17.3. The van der Waals surface area contributed by atoms with E-state index < -0.39 is 5.60 Å². The summed E-state index contributed by atoms with van der Waals surface area (Å²) in [6.07, 6.45) is 6.61. The molecule has 1 aromatic carbocycles. The predicted octanol–water partition coefficient (Wildman–Crippen LogP) is 5.11. The van der Waals surface area contributed by atoms with E-state index in [0.29, 0.717) is 5.84 Å². The highest BCUT2D eigenvalue weighted by Gasteiger charge is 2.21. The Morgan fingerprint density at radius 2 is 2.11 bits per heavy atom. The van der Waals surface area contributed by atoms with Gasteiger partial charge in [0.05, 0.1) is 11.5 Å². The molecule has 0 saturated carbocycles. The van der Waals surface area contributed by atoms with E-state index in [-0.39, 0.29) is 12.1 Å². The summed E-state index contributed by atoms with van der Waals surface area (Å²) in [4.78, 5) is 16.4. The molecule has 0 aliphatic heterocycles. The molecule has 0 heterocycles. The third kappa shape index (κ3) is 6.74. The summed E-state index contributed by atoms with van der Waals surface area (Å²) in [5.74, 6) is 0.577. The molecule has 1 amide bonds. The van der Waals surface area contributed by atoms with Crippen LogP contribution in [-0.2, 0) is 11.2 Å². The number of hydrogen-bond donors (Lipinski definition) is 2.